The van der Waals surface area contributed by atoms with Crippen LogP contribution in [0, 0.1) is 11.8 Å². The summed E-state index contributed by atoms with van der Waals surface area (Å²) in [5, 5.41) is 5.52. The second-order valence-corrected chi connectivity index (χ2v) is 6.93. The fourth-order valence-corrected chi connectivity index (χ4v) is 3.33. The van der Waals surface area contributed by atoms with Crippen molar-refractivity contribution < 1.29 is 9.53 Å². The summed E-state index contributed by atoms with van der Waals surface area (Å²) in [5.74, 6) is 5.54. The van der Waals surface area contributed by atoms with Crippen LogP contribution in [0.2, 0.25) is 0 Å². The maximum atomic E-state index is 11.8. The Morgan fingerprint density at radius 2 is 1.87 bits per heavy atom. The average Bonchev–Trinajstić information content (AvgIpc) is 3.12. The van der Waals surface area contributed by atoms with Crippen LogP contribution >= 0.6 is 0 Å². The second-order valence-electron chi connectivity index (χ2n) is 6.93. The number of hydrogen-bond donors (Lipinski definition) is 1. The number of nitrogens with zero attached hydrogens (tertiary/aromatic N) is 4. The number of methoxy groups -OCH3 is 1. The molecule has 4 aromatic rings. The molecule has 0 spiro atoms. The number of hydrogen-bond acceptors (Lipinski definition) is 6. The molecule has 31 heavy (non-hydrogen) atoms. The molecular weight excluding hydrogens is 390 g/mol. The summed E-state index contributed by atoms with van der Waals surface area (Å²) in [7, 11) is 5.16. The highest BCUT2D eigenvalue weighted by Crippen LogP contribution is 2.28. The molecule has 154 valence electrons. The molecule has 0 amide bonds. The number of carbonyl (C=O) groups is 1. The van der Waals surface area contributed by atoms with Gasteiger partial charge in [-0.25, -0.2) is 9.78 Å². The molecule has 0 fully saturated rings. The van der Waals surface area contributed by atoms with E-state index in [1.165, 1.54) is 19.4 Å². The molecule has 0 saturated heterocycles. The summed E-state index contributed by atoms with van der Waals surface area (Å²) in [6.45, 7) is 0. The molecular formula is C24H21N5O2. The van der Waals surface area contributed by atoms with Crippen molar-refractivity contribution in [1.29, 1.82) is 0 Å². The first-order chi connectivity index (χ1) is 15.0. The lowest BCUT2D eigenvalue weighted by molar-refractivity contribution is 0.0602. The van der Waals surface area contributed by atoms with Gasteiger partial charge in [0, 0.05) is 37.1 Å². The molecule has 0 unspecified atom stereocenters. The van der Waals surface area contributed by atoms with E-state index in [9.17, 15) is 4.79 Å². The highest BCUT2D eigenvalue weighted by Gasteiger charge is 2.14. The van der Waals surface area contributed by atoms with Gasteiger partial charge < -0.3 is 15.4 Å². The number of esters is 1. The fourth-order valence-electron chi connectivity index (χ4n) is 3.33. The number of aromatic nitrogens is 3. The minimum atomic E-state index is -0.524. The zero-order valence-electron chi connectivity index (χ0n) is 17.5. The predicted molar refractivity (Wildman–Crippen MR) is 121 cm³/mol. The molecule has 2 aromatic carbocycles. The van der Waals surface area contributed by atoms with Crippen LogP contribution in [0.25, 0.3) is 10.9 Å². The Kier molecular flexibility index (Phi) is 5.29. The largest absolute Gasteiger partial charge is 0.465 e. The number of fused-ring (bicyclic) bond motifs is 1. The summed E-state index contributed by atoms with van der Waals surface area (Å²) >= 11 is 0. The average molecular weight is 411 g/mol. The molecule has 0 bridgehead atoms. The Morgan fingerprint density at radius 1 is 1.10 bits per heavy atom. The van der Waals surface area contributed by atoms with Crippen LogP contribution in [0.5, 0.6) is 0 Å². The van der Waals surface area contributed by atoms with Gasteiger partial charge >= 0.3 is 5.97 Å². The minimum Gasteiger partial charge on any atom is -0.465 e. The third-order valence-corrected chi connectivity index (χ3v) is 5.04. The van der Waals surface area contributed by atoms with Crippen LogP contribution in [-0.4, -0.2) is 34.9 Å². The van der Waals surface area contributed by atoms with Crippen LogP contribution in [0.15, 0.2) is 60.8 Å². The van der Waals surface area contributed by atoms with Gasteiger partial charge in [-0.15, -0.1) is 0 Å². The molecule has 7 heteroatoms. The number of rotatable bonds is 3. The SMILES string of the molecule is COC(=O)c1ccnc(C#Cc2c3ccc(N(C)c4ccccc4)cc3nn2C)c1N. The molecule has 2 N–H and O–H groups in total. The van der Waals surface area contributed by atoms with Gasteiger partial charge in [0.15, 0.2) is 0 Å². The van der Waals surface area contributed by atoms with Gasteiger partial charge in [0.05, 0.1) is 23.9 Å². The Labute approximate surface area is 180 Å². The predicted octanol–water partition coefficient (Wildman–Crippen LogP) is 3.50. The Hall–Kier alpha value is -4.31. The highest BCUT2D eigenvalue weighted by molar-refractivity contribution is 5.96. The topological polar surface area (TPSA) is 86.3 Å². The fraction of sp³-hybridized carbons (Fsp3) is 0.125. The molecule has 0 aliphatic carbocycles. The van der Waals surface area contributed by atoms with Crippen LogP contribution in [0.4, 0.5) is 17.1 Å². The standard InChI is InChI=1S/C24H21N5O2/c1-28(16-7-5-4-6-8-16)17-9-10-18-21(15-17)27-29(2)22(18)12-11-20-23(25)19(13-14-26-20)24(30)31-3/h4-10,13-15H,25H2,1-3H3. The molecule has 2 aromatic heterocycles. The van der Waals surface area contributed by atoms with E-state index in [2.05, 4.69) is 39.0 Å². The Balaban J connectivity index is 1.71. The number of carbonyl (C=O) groups excluding carboxylic acids is 1. The van der Waals surface area contributed by atoms with Crippen molar-refractivity contribution in [3.63, 3.8) is 0 Å². The van der Waals surface area contributed by atoms with Crippen LogP contribution in [0.1, 0.15) is 21.7 Å². The van der Waals surface area contributed by atoms with E-state index in [1.54, 1.807) is 4.68 Å². The molecule has 0 aliphatic heterocycles. The zero-order chi connectivity index (χ0) is 22.0. The van der Waals surface area contributed by atoms with Crippen molar-refractivity contribution in [2.24, 2.45) is 7.05 Å². The van der Waals surface area contributed by atoms with E-state index < -0.39 is 5.97 Å². The quantitative estimate of drug-likeness (QED) is 0.410. The number of para-hydroxylation sites is 1. The Bertz CT molecular complexity index is 1330. The summed E-state index contributed by atoms with van der Waals surface area (Å²) in [6.07, 6.45) is 1.49. The van der Waals surface area contributed by atoms with Crippen LogP contribution in [0.3, 0.4) is 0 Å². The number of pyridine rings is 1. The van der Waals surface area contributed by atoms with Gasteiger partial charge in [-0.3, -0.25) is 4.68 Å². The first-order valence-corrected chi connectivity index (χ1v) is 9.60. The van der Waals surface area contributed by atoms with E-state index in [1.807, 2.05) is 50.5 Å². The number of aryl methyl sites for hydroxylation is 1. The molecule has 0 radical (unpaired) electrons. The maximum absolute atomic E-state index is 11.8. The van der Waals surface area contributed by atoms with E-state index >= 15 is 0 Å². The molecule has 0 saturated carbocycles. The first kappa shape index (κ1) is 20.0. The Morgan fingerprint density at radius 3 is 2.61 bits per heavy atom. The van der Waals surface area contributed by atoms with Crippen molar-refractivity contribution in [2.45, 2.75) is 0 Å². The summed E-state index contributed by atoms with van der Waals surface area (Å²) < 4.78 is 6.48. The highest BCUT2D eigenvalue weighted by atomic mass is 16.5. The smallest absolute Gasteiger partial charge is 0.340 e. The van der Waals surface area contributed by atoms with Gasteiger partial charge in [0.25, 0.3) is 0 Å². The van der Waals surface area contributed by atoms with Crippen molar-refractivity contribution in [2.75, 3.05) is 24.8 Å². The summed E-state index contributed by atoms with van der Waals surface area (Å²) in [5.41, 5.74) is 10.5. The number of nitrogen functional groups attached to an aromatic ring is 1. The normalized spacial score (nSPS) is 10.4. The van der Waals surface area contributed by atoms with Crippen LogP contribution in [-0.2, 0) is 11.8 Å². The third-order valence-electron chi connectivity index (χ3n) is 5.04. The van der Waals surface area contributed by atoms with Gasteiger partial charge in [-0.2, -0.15) is 5.10 Å². The van der Waals surface area contributed by atoms with Gasteiger partial charge in [0.1, 0.15) is 11.4 Å². The van der Waals surface area contributed by atoms with Crippen LogP contribution < -0.4 is 10.6 Å². The van der Waals surface area contributed by atoms with Crippen molar-refractivity contribution in [3.8, 4) is 11.8 Å². The minimum absolute atomic E-state index is 0.195. The molecule has 7 nitrogen and oxygen atoms in total. The number of nitrogens with two attached hydrogens (primary N) is 1. The van der Waals surface area contributed by atoms with Crippen molar-refractivity contribution in [1.82, 2.24) is 14.8 Å². The molecule has 4 rings (SSSR count). The molecule has 2 heterocycles. The van der Waals surface area contributed by atoms with Crippen molar-refractivity contribution in [3.05, 3.63) is 77.7 Å². The van der Waals surface area contributed by atoms with Gasteiger partial charge in [-0.05, 0) is 48.2 Å². The van der Waals surface area contributed by atoms with E-state index in [4.69, 9.17) is 10.5 Å². The molecule has 0 aliphatic rings. The second kappa shape index (κ2) is 8.20. The maximum Gasteiger partial charge on any atom is 0.340 e. The monoisotopic (exact) mass is 411 g/mol. The third kappa shape index (κ3) is 3.79. The van der Waals surface area contributed by atoms with E-state index in [0.29, 0.717) is 5.69 Å². The lowest BCUT2D eigenvalue weighted by atomic mass is 10.1. The molecule has 0 atom stereocenters. The number of benzene rings is 2. The zero-order valence-corrected chi connectivity index (χ0v) is 17.5. The lowest BCUT2D eigenvalue weighted by Gasteiger charge is -2.19. The summed E-state index contributed by atoms with van der Waals surface area (Å²) in [6, 6.07) is 17.7. The lowest BCUT2D eigenvalue weighted by Crippen LogP contribution is -2.08. The van der Waals surface area contributed by atoms with Crippen molar-refractivity contribution >= 4 is 33.9 Å². The van der Waals surface area contributed by atoms with Gasteiger partial charge in [0.2, 0.25) is 0 Å². The van der Waals surface area contributed by atoms with Gasteiger partial charge in [-0.1, -0.05) is 18.2 Å². The number of anilines is 3. The summed E-state index contributed by atoms with van der Waals surface area (Å²) in [4.78, 5) is 18.1. The van der Waals surface area contributed by atoms with E-state index in [0.717, 1.165) is 28.0 Å². The van der Waals surface area contributed by atoms with E-state index in [-0.39, 0.29) is 11.3 Å². The number of ether oxygens (including phenoxy) is 1. The first-order valence-electron chi connectivity index (χ1n) is 9.60.